The Bertz CT molecular complexity index is 461. The van der Waals surface area contributed by atoms with Crippen LogP contribution in [-0.2, 0) is 15.8 Å². The van der Waals surface area contributed by atoms with Crippen LogP contribution in [0.3, 0.4) is 0 Å². The third-order valence-corrected chi connectivity index (χ3v) is 2.90. The van der Waals surface area contributed by atoms with Gasteiger partial charge < -0.3 is 0 Å². The summed E-state index contributed by atoms with van der Waals surface area (Å²) < 4.78 is 46.9. The lowest BCUT2D eigenvalue weighted by atomic mass is 10.2. The molecule has 0 aliphatic heterocycles. The SMILES string of the molecule is NS(=O)(=O)Cc1cc(F)c(F)cc1Br. The molecule has 0 unspecified atom stereocenters. The first-order chi connectivity index (χ1) is 6.29. The van der Waals surface area contributed by atoms with Gasteiger partial charge >= 0.3 is 0 Å². The average molecular weight is 286 g/mol. The van der Waals surface area contributed by atoms with Crippen LogP contribution < -0.4 is 5.14 Å². The van der Waals surface area contributed by atoms with E-state index in [1.54, 1.807) is 0 Å². The van der Waals surface area contributed by atoms with Gasteiger partial charge in [0, 0.05) is 4.47 Å². The highest BCUT2D eigenvalue weighted by Crippen LogP contribution is 2.21. The van der Waals surface area contributed by atoms with Crippen molar-refractivity contribution in [3.05, 3.63) is 33.8 Å². The minimum atomic E-state index is -3.75. The lowest BCUT2D eigenvalue weighted by molar-refractivity contribution is 0.506. The molecule has 0 aromatic heterocycles. The summed E-state index contributed by atoms with van der Waals surface area (Å²) in [5.74, 6) is -2.69. The molecule has 0 spiro atoms. The Balaban J connectivity index is 3.17. The molecule has 3 nitrogen and oxygen atoms in total. The van der Waals surface area contributed by atoms with Crippen molar-refractivity contribution in [2.45, 2.75) is 5.75 Å². The Kier molecular flexibility index (Phi) is 3.23. The molecule has 0 saturated carbocycles. The Labute approximate surface area is 88.1 Å². The van der Waals surface area contributed by atoms with Crippen molar-refractivity contribution < 1.29 is 17.2 Å². The second kappa shape index (κ2) is 3.92. The molecule has 0 heterocycles. The number of rotatable bonds is 2. The number of halogens is 3. The molecule has 0 aliphatic carbocycles. The molecule has 1 rings (SSSR count). The summed E-state index contributed by atoms with van der Waals surface area (Å²) >= 11 is 2.91. The number of hydrogen-bond acceptors (Lipinski definition) is 2. The Morgan fingerprint density at radius 1 is 1.29 bits per heavy atom. The van der Waals surface area contributed by atoms with Gasteiger partial charge in [-0.1, -0.05) is 15.9 Å². The average Bonchev–Trinajstić information content (AvgIpc) is 1.97. The van der Waals surface area contributed by atoms with E-state index >= 15 is 0 Å². The largest absolute Gasteiger partial charge is 0.228 e. The minimum Gasteiger partial charge on any atom is -0.228 e. The molecule has 78 valence electrons. The van der Waals surface area contributed by atoms with Gasteiger partial charge in [0.15, 0.2) is 11.6 Å². The van der Waals surface area contributed by atoms with E-state index in [9.17, 15) is 17.2 Å². The molecule has 2 N–H and O–H groups in total. The second-order valence-electron chi connectivity index (χ2n) is 2.66. The van der Waals surface area contributed by atoms with Gasteiger partial charge in [-0.15, -0.1) is 0 Å². The molecule has 0 amide bonds. The van der Waals surface area contributed by atoms with E-state index < -0.39 is 27.4 Å². The Morgan fingerprint density at radius 3 is 2.29 bits per heavy atom. The van der Waals surface area contributed by atoms with Gasteiger partial charge in [-0.05, 0) is 17.7 Å². The fourth-order valence-electron chi connectivity index (χ4n) is 0.891. The Hall–Kier alpha value is -0.530. The van der Waals surface area contributed by atoms with Crippen molar-refractivity contribution in [1.82, 2.24) is 0 Å². The van der Waals surface area contributed by atoms with E-state index in [1.807, 2.05) is 0 Å². The van der Waals surface area contributed by atoms with Crippen molar-refractivity contribution in [2.75, 3.05) is 0 Å². The number of primary sulfonamides is 1. The van der Waals surface area contributed by atoms with Gasteiger partial charge in [0.05, 0.1) is 5.75 Å². The van der Waals surface area contributed by atoms with Crippen LogP contribution in [0.15, 0.2) is 16.6 Å². The summed E-state index contributed by atoms with van der Waals surface area (Å²) in [4.78, 5) is 0. The minimum absolute atomic E-state index is 0.0893. The molecular weight excluding hydrogens is 280 g/mol. The second-order valence-corrected chi connectivity index (χ2v) is 5.13. The van der Waals surface area contributed by atoms with Crippen LogP contribution in [0, 0.1) is 11.6 Å². The standard InChI is InChI=1S/C7H6BrF2NO2S/c8-5-2-7(10)6(9)1-4(5)3-14(11,12)13/h1-2H,3H2,(H2,11,12,13). The van der Waals surface area contributed by atoms with Crippen molar-refractivity contribution >= 4 is 26.0 Å². The zero-order valence-electron chi connectivity index (χ0n) is 6.80. The molecule has 0 atom stereocenters. The van der Waals surface area contributed by atoms with Crippen LogP contribution in [0.5, 0.6) is 0 Å². The monoisotopic (exact) mass is 285 g/mol. The Morgan fingerprint density at radius 2 is 1.79 bits per heavy atom. The maximum Gasteiger partial charge on any atom is 0.213 e. The summed E-state index contributed by atoms with van der Waals surface area (Å²) in [7, 11) is -3.75. The maximum atomic E-state index is 12.7. The van der Waals surface area contributed by atoms with E-state index in [4.69, 9.17) is 5.14 Å². The van der Waals surface area contributed by atoms with Gasteiger partial charge in [-0.25, -0.2) is 22.3 Å². The number of hydrogen-bond donors (Lipinski definition) is 1. The third kappa shape index (κ3) is 3.00. The van der Waals surface area contributed by atoms with Gasteiger partial charge in [0.25, 0.3) is 0 Å². The zero-order valence-corrected chi connectivity index (χ0v) is 9.20. The van der Waals surface area contributed by atoms with Crippen molar-refractivity contribution in [1.29, 1.82) is 0 Å². The molecule has 1 aromatic carbocycles. The number of nitrogens with two attached hydrogens (primary N) is 1. The highest BCUT2D eigenvalue weighted by atomic mass is 79.9. The molecule has 14 heavy (non-hydrogen) atoms. The quantitative estimate of drug-likeness (QED) is 0.838. The normalized spacial score (nSPS) is 11.7. The maximum absolute atomic E-state index is 12.7. The molecule has 0 aliphatic rings. The summed E-state index contributed by atoms with van der Waals surface area (Å²) in [6.07, 6.45) is 0. The van der Waals surface area contributed by atoms with Gasteiger partial charge in [-0.3, -0.25) is 0 Å². The van der Waals surface area contributed by atoms with Crippen molar-refractivity contribution in [2.24, 2.45) is 5.14 Å². The van der Waals surface area contributed by atoms with Crippen LogP contribution in [0.4, 0.5) is 8.78 Å². The van der Waals surface area contributed by atoms with Crippen molar-refractivity contribution in [3.8, 4) is 0 Å². The predicted octanol–water partition coefficient (Wildman–Crippen LogP) is 1.52. The van der Waals surface area contributed by atoms with E-state index in [0.717, 1.165) is 12.1 Å². The molecule has 7 heteroatoms. The molecule has 1 aromatic rings. The third-order valence-electron chi connectivity index (χ3n) is 1.45. The fourth-order valence-corrected chi connectivity index (χ4v) is 2.20. The lowest BCUT2D eigenvalue weighted by Gasteiger charge is -2.03. The molecule has 0 saturated heterocycles. The predicted molar refractivity (Wildman–Crippen MR) is 50.9 cm³/mol. The molecular formula is C7H6BrF2NO2S. The van der Waals surface area contributed by atoms with Crippen LogP contribution >= 0.6 is 15.9 Å². The highest BCUT2D eigenvalue weighted by Gasteiger charge is 2.12. The van der Waals surface area contributed by atoms with E-state index in [-0.39, 0.29) is 10.0 Å². The van der Waals surface area contributed by atoms with Crippen LogP contribution in [0.1, 0.15) is 5.56 Å². The smallest absolute Gasteiger partial charge is 0.213 e. The molecule has 0 fully saturated rings. The summed E-state index contributed by atoms with van der Waals surface area (Å²) in [5, 5.41) is 4.76. The van der Waals surface area contributed by atoms with Gasteiger partial charge in [-0.2, -0.15) is 0 Å². The first-order valence-electron chi connectivity index (χ1n) is 3.43. The first kappa shape index (κ1) is 11.5. The zero-order chi connectivity index (χ0) is 10.9. The number of benzene rings is 1. The van der Waals surface area contributed by atoms with E-state index in [1.165, 1.54) is 0 Å². The van der Waals surface area contributed by atoms with Crippen LogP contribution in [-0.4, -0.2) is 8.42 Å². The highest BCUT2D eigenvalue weighted by molar-refractivity contribution is 9.10. The van der Waals surface area contributed by atoms with Crippen molar-refractivity contribution in [3.63, 3.8) is 0 Å². The first-order valence-corrected chi connectivity index (χ1v) is 5.94. The van der Waals surface area contributed by atoms with Gasteiger partial charge in [0.2, 0.25) is 10.0 Å². The van der Waals surface area contributed by atoms with E-state index in [0.29, 0.717) is 0 Å². The number of sulfonamides is 1. The fraction of sp³-hybridized carbons (Fsp3) is 0.143. The van der Waals surface area contributed by atoms with Crippen LogP contribution in [0.25, 0.3) is 0 Å². The van der Waals surface area contributed by atoms with E-state index in [2.05, 4.69) is 15.9 Å². The van der Waals surface area contributed by atoms with Crippen LogP contribution in [0.2, 0.25) is 0 Å². The van der Waals surface area contributed by atoms with Gasteiger partial charge in [0.1, 0.15) is 0 Å². The summed E-state index contributed by atoms with van der Waals surface area (Å²) in [6.45, 7) is 0. The summed E-state index contributed by atoms with van der Waals surface area (Å²) in [5.41, 5.74) is 0.0893. The molecule has 0 bridgehead atoms. The summed E-state index contributed by atoms with van der Waals surface area (Å²) in [6, 6.07) is 1.65. The lowest BCUT2D eigenvalue weighted by Crippen LogP contribution is -2.15. The molecule has 0 radical (unpaired) electrons. The topological polar surface area (TPSA) is 60.2 Å².